The van der Waals surface area contributed by atoms with Gasteiger partial charge in [-0.3, -0.25) is 4.90 Å². The lowest BCUT2D eigenvalue weighted by Gasteiger charge is -2.37. The summed E-state index contributed by atoms with van der Waals surface area (Å²) in [4.78, 5) is 4.42. The van der Waals surface area contributed by atoms with E-state index in [4.69, 9.17) is 23.1 Å². The number of benzene rings is 1. The molecule has 1 aliphatic carbocycles. The van der Waals surface area contributed by atoms with Crippen molar-refractivity contribution in [2.24, 2.45) is 5.92 Å². The van der Waals surface area contributed by atoms with Crippen LogP contribution < -0.4 is 16.4 Å². The normalized spacial score (nSPS) is 20.4. The highest BCUT2D eigenvalue weighted by molar-refractivity contribution is 6.33. The smallest absolute Gasteiger partial charge is 0.169 e. The van der Waals surface area contributed by atoms with Gasteiger partial charge < -0.3 is 16.4 Å². The predicted octanol–water partition coefficient (Wildman–Crippen LogP) is 2.18. The fourth-order valence-corrected chi connectivity index (χ4v) is 2.94. The Morgan fingerprint density at radius 2 is 1.80 bits per heavy atom. The van der Waals surface area contributed by atoms with E-state index in [-0.39, 0.29) is 10.7 Å². The molecule has 1 aliphatic heterocycles. The fourth-order valence-electron chi connectivity index (χ4n) is 2.80. The average Bonchev–Trinajstić information content (AvgIpc) is 3.22. The van der Waals surface area contributed by atoms with Gasteiger partial charge in [-0.1, -0.05) is 11.6 Å². The average molecular weight is 299 g/mol. The SMILES string of the molecule is Nc1cc(N)c(N2CCN(CC3CC3)CC2)c(F)c1Cl. The van der Waals surface area contributed by atoms with Crippen LogP contribution in [-0.4, -0.2) is 37.6 Å². The van der Waals surface area contributed by atoms with E-state index in [1.807, 2.05) is 4.90 Å². The van der Waals surface area contributed by atoms with Gasteiger partial charge in [0.25, 0.3) is 0 Å². The summed E-state index contributed by atoms with van der Waals surface area (Å²) in [5, 5.41) is -0.0328. The second-order valence-electron chi connectivity index (χ2n) is 5.76. The molecule has 0 unspecified atom stereocenters. The first-order valence-electron chi connectivity index (χ1n) is 7.06. The number of hydrogen-bond acceptors (Lipinski definition) is 4. The highest BCUT2D eigenvalue weighted by Crippen LogP contribution is 2.37. The van der Waals surface area contributed by atoms with Gasteiger partial charge in [0.2, 0.25) is 0 Å². The quantitative estimate of drug-likeness (QED) is 0.840. The van der Waals surface area contributed by atoms with E-state index < -0.39 is 5.82 Å². The number of hydrogen-bond donors (Lipinski definition) is 2. The molecular formula is C14H20ClFN4. The minimum absolute atomic E-state index is 0.0328. The van der Waals surface area contributed by atoms with Gasteiger partial charge in [0.1, 0.15) is 5.02 Å². The molecule has 0 amide bonds. The molecule has 1 heterocycles. The number of halogens is 2. The maximum atomic E-state index is 14.3. The summed E-state index contributed by atoms with van der Waals surface area (Å²) in [7, 11) is 0. The first kappa shape index (κ1) is 13.8. The van der Waals surface area contributed by atoms with Crippen LogP contribution in [0.2, 0.25) is 5.02 Å². The second-order valence-corrected chi connectivity index (χ2v) is 6.14. The molecule has 2 fully saturated rings. The van der Waals surface area contributed by atoms with E-state index in [1.165, 1.54) is 25.5 Å². The first-order chi connectivity index (χ1) is 9.56. The van der Waals surface area contributed by atoms with Crippen LogP contribution in [0.5, 0.6) is 0 Å². The highest BCUT2D eigenvalue weighted by atomic mass is 35.5. The molecular weight excluding hydrogens is 279 g/mol. The van der Waals surface area contributed by atoms with E-state index in [0.29, 0.717) is 11.4 Å². The summed E-state index contributed by atoms with van der Waals surface area (Å²) >= 11 is 5.89. The summed E-state index contributed by atoms with van der Waals surface area (Å²) < 4.78 is 14.3. The van der Waals surface area contributed by atoms with Gasteiger partial charge >= 0.3 is 0 Å². The van der Waals surface area contributed by atoms with E-state index in [2.05, 4.69) is 4.90 Å². The van der Waals surface area contributed by atoms with Crippen molar-refractivity contribution < 1.29 is 4.39 Å². The molecule has 0 spiro atoms. The standard InChI is InChI=1S/C14H20ClFN4/c15-12-10(17)7-11(18)14(13(12)16)20-5-3-19(4-6-20)8-9-1-2-9/h7,9H,1-6,8,17-18H2. The van der Waals surface area contributed by atoms with Gasteiger partial charge in [-0.05, 0) is 24.8 Å². The van der Waals surface area contributed by atoms with E-state index in [9.17, 15) is 4.39 Å². The van der Waals surface area contributed by atoms with Crippen molar-refractivity contribution in [1.82, 2.24) is 4.90 Å². The zero-order chi connectivity index (χ0) is 14.3. The van der Waals surface area contributed by atoms with Crippen molar-refractivity contribution in [3.63, 3.8) is 0 Å². The first-order valence-corrected chi connectivity index (χ1v) is 7.44. The largest absolute Gasteiger partial charge is 0.397 e. The van der Waals surface area contributed by atoms with Crippen LogP contribution in [0.15, 0.2) is 6.07 Å². The summed E-state index contributed by atoms with van der Waals surface area (Å²) in [6, 6.07) is 1.54. The molecule has 0 bridgehead atoms. The maximum absolute atomic E-state index is 14.3. The van der Waals surface area contributed by atoms with Crippen LogP contribution in [-0.2, 0) is 0 Å². The Morgan fingerprint density at radius 1 is 1.15 bits per heavy atom. The van der Waals surface area contributed by atoms with Crippen molar-refractivity contribution in [1.29, 1.82) is 0 Å². The molecule has 0 atom stereocenters. The molecule has 4 nitrogen and oxygen atoms in total. The van der Waals surface area contributed by atoms with Gasteiger partial charge in [-0.25, -0.2) is 4.39 Å². The Balaban J connectivity index is 1.72. The van der Waals surface area contributed by atoms with Crippen LogP contribution in [0.25, 0.3) is 0 Å². The molecule has 1 saturated carbocycles. The van der Waals surface area contributed by atoms with Gasteiger partial charge in [-0.2, -0.15) is 0 Å². The van der Waals surface area contributed by atoms with E-state index >= 15 is 0 Å². The number of nitrogen functional groups attached to an aromatic ring is 2. The molecule has 1 saturated heterocycles. The maximum Gasteiger partial charge on any atom is 0.169 e. The zero-order valence-electron chi connectivity index (χ0n) is 11.4. The molecule has 2 aliphatic rings. The minimum atomic E-state index is -0.500. The Kier molecular flexibility index (Phi) is 3.65. The topological polar surface area (TPSA) is 58.5 Å². The summed E-state index contributed by atoms with van der Waals surface area (Å²) in [6.45, 7) is 4.60. The van der Waals surface area contributed by atoms with E-state index in [0.717, 1.165) is 32.1 Å². The molecule has 0 radical (unpaired) electrons. The van der Waals surface area contributed by atoms with Crippen LogP contribution in [0.3, 0.4) is 0 Å². The number of rotatable bonds is 3. The molecule has 20 heavy (non-hydrogen) atoms. The zero-order valence-corrected chi connectivity index (χ0v) is 12.2. The van der Waals surface area contributed by atoms with Gasteiger partial charge in [0, 0.05) is 32.7 Å². The number of nitrogens with two attached hydrogens (primary N) is 2. The minimum Gasteiger partial charge on any atom is -0.397 e. The van der Waals surface area contributed by atoms with Crippen LogP contribution in [0.1, 0.15) is 12.8 Å². The van der Waals surface area contributed by atoms with Gasteiger partial charge in [-0.15, -0.1) is 0 Å². The molecule has 6 heteroatoms. The Labute approximate surface area is 123 Å². The monoisotopic (exact) mass is 298 g/mol. The summed E-state index contributed by atoms with van der Waals surface area (Å²) in [5.41, 5.74) is 12.5. The Morgan fingerprint density at radius 3 is 2.40 bits per heavy atom. The van der Waals surface area contributed by atoms with E-state index in [1.54, 1.807) is 0 Å². The van der Waals surface area contributed by atoms with Crippen molar-refractivity contribution in [3.05, 3.63) is 16.9 Å². The van der Waals surface area contributed by atoms with Crippen LogP contribution in [0.4, 0.5) is 21.5 Å². The predicted molar refractivity (Wildman–Crippen MR) is 81.6 cm³/mol. The highest BCUT2D eigenvalue weighted by Gasteiger charge is 2.28. The molecule has 1 aromatic carbocycles. The molecule has 0 aromatic heterocycles. The van der Waals surface area contributed by atoms with Gasteiger partial charge in [0.05, 0.1) is 17.1 Å². The molecule has 1 aromatic rings. The lowest BCUT2D eigenvalue weighted by molar-refractivity contribution is 0.247. The third-order valence-corrected chi connectivity index (χ3v) is 4.52. The molecule has 3 rings (SSSR count). The lowest BCUT2D eigenvalue weighted by Crippen LogP contribution is -2.47. The number of nitrogens with zero attached hydrogens (tertiary/aromatic N) is 2. The molecule has 4 N–H and O–H groups in total. The number of piperazine rings is 1. The fraction of sp³-hybridized carbons (Fsp3) is 0.571. The third-order valence-electron chi connectivity index (χ3n) is 4.14. The van der Waals surface area contributed by atoms with Crippen molar-refractivity contribution in [2.45, 2.75) is 12.8 Å². The Bertz CT molecular complexity index is 510. The second kappa shape index (κ2) is 5.30. The summed E-state index contributed by atoms with van der Waals surface area (Å²) in [5.74, 6) is 0.383. The Hall–Kier alpha value is -1.20. The van der Waals surface area contributed by atoms with Crippen LogP contribution in [0, 0.1) is 11.7 Å². The van der Waals surface area contributed by atoms with Crippen molar-refractivity contribution >= 4 is 28.7 Å². The van der Waals surface area contributed by atoms with Crippen molar-refractivity contribution in [3.8, 4) is 0 Å². The number of anilines is 3. The third kappa shape index (κ3) is 2.65. The van der Waals surface area contributed by atoms with Crippen molar-refractivity contribution in [2.75, 3.05) is 49.1 Å². The molecule has 110 valence electrons. The lowest BCUT2D eigenvalue weighted by atomic mass is 10.2. The van der Waals surface area contributed by atoms with Gasteiger partial charge in [0.15, 0.2) is 5.82 Å². The summed E-state index contributed by atoms with van der Waals surface area (Å²) in [6.07, 6.45) is 2.71. The van der Waals surface area contributed by atoms with Crippen LogP contribution >= 0.6 is 11.6 Å².